The second-order valence-electron chi connectivity index (χ2n) is 5.11. The Balaban J connectivity index is 1.88. The quantitative estimate of drug-likeness (QED) is 0.916. The maximum atomic E-state index is 12.7. The van der Waals surface area contributed by atoms with Gasteiger partial charge in [0.25, 0.3) is 0 Å². The number of halogens is 1. The van der Waals surface area contributed by atoms with Crippen molar-refractivity contribution < 1.29 is 19.0 Å². The van der Waals surface area contributed by atoms with Crippen molar-refractivity contribution in [3.8, 4) is 17.2 Å². The highest BCUT2D eigenvalue weighted by molar-refractivity contribution is 6.31. The maximum absolute atomic E-state index is 12.7. The SMILES string of the molecule is COc1ccc(OC)c(NC(=O)N2CCOc3ccc(Cl)cc32)c1. The van der Waals surface area contributed by atoms with Gasteiger partial charge in [-0.25, -0.2) is 4.79 Å². The monoisotopic (exact) mass is 348 g/mol. The largest absolute Gasteiger partial charge is 0.497 e. The number of anilines is 2. The van der Waals surface area contributed by atoms with Crippen molar-refractivity contribution >= 4 is 29.0 Å². The standard InChI is InChI=1S/C17H17ClN2O4/c1-22-12-4-6-15(23-2)13(10-12)19-17(21)20-7-8-24-16-5-3-11(18)9-14(16)20/h3-6,9-10H,7-8H2,1-2H3,(H,19,21). The van der Waals surface area contributed by atoms with Gasteiger partial charge >= 0.3 is 6.03 Å². The number of ether oxygens (including phenoxy) is 3. The van der Waals surface area contributed by atoms with Gasteiger partial charge in [0.2, 0.25) is 0 Å². The third-order valence-electron chi connectivity index (χ3n) is 3.68. The second kappa shape index (κ2) is 6.88. The van der Waals surface area contributed by atoms with E-state index >= 15 is 0 Å². The van der Waals surface area contributed by atoms with Gasteiger partial charge in [0.1, 0.15) is 23.9 Å². The van der Waals surface area contributed by atoms with Crippen LogP contribution in [0.3, 0.4) is 0 Å². The van der Waals surface area contributed by atoms with Crippen LogP contribution in [0.25, 0.3) is 0 Å². The molecule has 0 saturated heterocycles. The molecule has 7 heteroatoms. The van der Waals surface area contributed by atoms with Crippen LogP contribution in [0.15, 0.2) is 36.4 Å². The van der Waals surface area contributed by atoms with Gasteiger partial charge in [0.05, 0.1) is 32.1 Å². The third-order valence-corrected chi connectivity index (χ3v) is 3.91. The van der Waals surface area contributed by atoms with Gasteiger partial charge < -0.3 is 19.5 Å². The first-order valence-corrected chi connectivity index (χ1v) is 7.73. The van der Waals surface area contributed by atoms with Crippen LogP contribution in [0.5, 0.6) is 17.2 Å². The van der Waals surface area contributed by atoms with Gasteiger partial charge in [-0.15, -0.1) is 0 Å². The minimum atomic E-state index is -0.298. The Hall–Kier alpha value is -2.60. The Bertz CT molecular complexity index is 766. The lowest BCUT2D eigenvalue weighted by molar-refractivity contribution is 0.250. The fourth-order valence-corrected chi connectivity index (χ4v) is 2.66. The summed E-state index contributed by atoms with van der Waals surface area (Å²) in [6.45, 7) is 0.836. The third kappa shape index (κ3) is 3.19. The number of methoxy groups -OCH3 is 2. The number of hydrogen-bond acceptors (Lipinski definition) is 4. The van der Waals surface area contributed by atoms with Gasteiger partial charge in [-0.1, -0.05) is 11.6 Å². The van der Waals surface area contributed by atoms with Crippen LogP contribution in [-0.4, -0.2) is 33.4 Å². The number of carbonyl (C=O) groups is 1. The van der Waals surface area contributed by atoms with E-state index in [1.165, 1.54) is 0 Å². The number of benzene rings is 2. The van der Waals surface area contributed by atoms with Crippen LogP contribution in [0, 0.1) is 0 Å². The fraction of sp³-hybridized carbons (Fsp3) is 0.235. The van der Waals surface area contributed by atoms with Crippen molar-refractivity contribution in [2.24, 2.45) is 0 Å². The smallest absolute Gasteiger partial charge is 0.326 e. The number of hydrogen-bond donors (Lipinski definition) is 1. The van der Waals surface area contributed by atoms with Crippen LogP contribution < -0.4 is 24.4 Å². The summed E-state index contributed by atoms with van der Waals surface area (Å²) < 4.78 is 16.0. The molecule has 2 amide bonds. The normalized spacial score (nSPS) is 12.9. The van der Waals surface area contributed by atoms with E-state index in [0.717, 1.165) is 0 Å². The number of nitrogens with zero attached hydrogens (tertiary/aromatic N) is 1. The molecule has 0 bridgehead atoms. The molecular weight excluding hydrogens is 332 g/mol. The summed E-state index contributed by atoms with van der Waals surface area (Å²) in [7, 11) is 3.11. The molecule has 1 aliphatic heterocycles. The molecule has 0 radical (unpaired) electrons. The Morgan fingerprint density at radius 2 is 2.04 bits per heavy atom. The van der Waals surface area contributed by atoms with E-state index in [0.29, 0.717) is 46.8 Å². The Morgan fingerprint density at radius 3 is 2.79 bits per heavy atom. The summed E-state index contributed by atoms with van der Waals surface area (Å²) in [4.78, 5) is 14.3. The van der Waals surface area contributed by atoms with Crippen LogP contribution in [-0.2, 0) is 0 Å². The highest BCUT2D eigenvalue weighted by Gasteiger charge is 2.25. The van der Waals surface area contributed by atoms with Crippen molar-refractivity contribution in [1.82, 2.24) is 0 Å². The molecule has 0 aliphatic carbocycles. The van der Waals surface area contributed by atoms with Crippen molar-refractivity contribution in [3.05, 3.63) is 41.4 Å². The molecule has 6 nitrogen and oxygen atoms in total. The lowest BCUT2D eigenvalue weighted by Gasteiger charge is -2.30. The zero-order valence-electron chi connectivity index (χ0n) is 13.3. The molecular formula is C17H17ClN2O4. The predicted molar refractivity (Wildman–Crippen MR) is 92.9 cm³/mol. The lowest BCUT2D eigenvalue weighted by Crippen LogP contribution is -2.40. The molecule has 2 aromatic carbocycles. The second-order valence-corrected chi connectivity index (χ2v) is 5.54. The van der Waals surface area contributed by atoms with E-state index < -0.39 is 0 Å². The first kappa shape index (κ1) is 16.3. The van der Waals surface area contributed by atoms with E-state index in [9.17, 15) is 4.79 Å². The van der Waals surface area contributed by atoms with E-state index in [1.807, 2.05) is 0 Å². The van der Waals surface area contributed by atoms with Gasteiger partial charge in [0, 0.05) is 11.1 Å². The highest BCUT2D eigenvalue weighted by atomic mass is 35.5. The molecule has 0 fully saturated rings. The van der Waals surface area contributed by atoms with Gasteiger partial charge in [-0.05, 0) is 30.3 Å². The number of nitrogens with one attached hydrogen (secondary N) is 1. The van der Waals surface area contributed by atoms with Crippen LogP contribution in [0.4, 0.5) is 16.2 Å². The molecule has 2 aromatic rings. The molecule has 0 aromatic heterocycles. The van der Waals surface area contributed by atoms with Crippen molar-refractivity contribution in [2.75, 3.05) is 37.6 Å². The minimum absolute atomic E-state index is 0.298. The zero-order valence-corrected chi connectivity index (χ0v) is 14.1. The average Bonchev–Trinajstić information content (AvgIpc) is 2.60. The maximum Gasteiger partial charge on any atom is 0.326 e. The topological polar surface area (TPSA) is 60.0 Å². The molecule has 1 heterocycles. The van der Waals surface area contributed by atoms with E-state index in [4.69, 9.17) is 25.8 Å². The lowest BCUT2D eigenvalue weighted by atomic mass is 10.2. The van der Waals surface area contributed by atoms with Crippen molar-refractivity contribution in [3.63, 3.8) is 0 Å². The Labute approximate surface area is 144 Å². The summed E-state index contributed by atoms with van der Waals surface area (Å²) in [5, 5.41) is 3.39. The Morgan fingerprint density at radius 1 is 1.21 bits per heavy atom. The molecule has 1 aliphatic rings. The molecule has 0 atom stereocenters. The van der Waals surface area contributed by atoms with E-state index in [-0.39, 0.29) is 6.03 Å². The van der Waals surface area contributed by atoms with Gasteiger partial charge in [-0.3, -0.25) is 4.90 Å². The molecule has 0 saturated carbocycles. The molecule has 0 spiro atoms. The number of fused-ring (bicyclic) bond motifs is 1. The van der Waals surface area contributed by atoms with Crippen LogP contribution in [0.2, 0.25) is 5.02 Å². The fourth-order valence-electron chi connectivity index (χ4n) is 2.50. The number of rotatable bonds is 3. The average molecular weight is 349 g/mol. The predicted octanol–water partition coefficient (Wildman–Crippen LogP) is 3.79. The van der Waals surface area contributed by atoms with E-state index in [1.54, 1.807) is 55.5 Å². The van der Waals surface area contributed by atoms with Crippen molar-refractivity contribution in [2.45, 2.75) is 0 Å². The van der Waals surface area contributed by atoms with Gasteiger partial charge in [-0.2, -0.15) is 0 Å². The summed E-state index contributed by atoms with van der Waals surface area (Å²) in [5.41, 5.74) is 1.16. The van der Waals surface area contributed by atoms with E-state index in [2.05, 4.69) is 5.32 Å². The first-order valence-electron chi connectivity index (χ1n) is 7.35. The highest BCUT2D eigenvalue weighted by Crippen LogP contribution is 2.35. The summed E-state index contributed by atoms with van der Waals surface area (Å²) in [6, 6.07) is 10.1. The summed E-state index contributed by atoms with van der Waals surface area (Å²) in [6.07, 6.45) is 0. The van der Waals surface area contributed by atoms with Crippen molar-refractivity contribution in [1.29, 1.82) is 0 Å². The van der Waals surface area contributed by atoms with Crippen LogP contribution >= 0.6 is 11.6 Å². The van der Waals surface area contributed by atoms with Crippen LogP contribution in [0.1, 0.15) is 0 Å². The molecule has 126 valence electrons. The molecule has 24 heavy (non-hydrogen) atoms. The number of urea groups is 1. The molecule has 1 N–H and O–H groups in total. The summed E-state index contributed by atoms with van der Waals surface area (Å²) >= 11 is 6.04. The first-order chi connectivity index (χ1) is 11.6. The molecule has 0 unspecified atom stereocenters. The number of carbonyl (C=O) groups excluding carboxylic acids is 1. The minimum Gasteiger partial charge on any atom is -0.497 e. The summed E-state index contributed by atoms with van der Waals surface area (Å²) in [5.74, 6) is 1.79. The number of amides is 2. The zero-order chi connectivity index (χ0) is 17.1. The Kier molecular flexibility index (Phi) is 4.66. The molecule has 3 rings (SSSR count). The van der Waals surface area contributed by atoms with Gasteiger partial charge in [0.15, 0.2) is 0 Å².